The van der Waals surface area contributed by atoms with Crippen molar-refractivity contribution in [2.75, 3.05) is 19.0 Å². The van der Waals surface area contributed by atoms with Crippen molar-refractivity contribution in [2.24, 2.45) is 17.3 Å². The van der Waals surface area contributed by atoms with Crippen LogP contribution in [0.15, 0.2) is 36.4 Å². The summed E-state index contributed by atoms with van der Waals surface area (Å²) >= 11 is 0. The van der Waals surface area contributed by atoms with Gasteiger partial charge in [-0.25, -0.2) is 0 Å². The maximum absolute atomic E-state index is 4.64. The molecule has 2 nitrogen and oxygen atoms in total. The number of anilines is 1. The molecule has 1 N–H and O–H groups in total. The summed E-state index contributed by atoms with van der Waals surface area (Å²) < 4.78 is 0. The molecular weight excluding hydrogens is 340 g/mol. The minimum atomic E-state index is 0.0608. The predicted molar refractivity (Wildman–Crippen MR) is 124 cm³/mol. The molecule has 28 heavy (non-hydrogen) atoms. The molecule has 0 amide bonds. The van der Waals surface area contributed by atoms with E-state index < -0.39 is 0 Å². The molecule has 0 radical (unpaired) electrons. The van der Waals surface area contributed by atoms with Crippen molar-refractivity contribution in [2.45, 2.75) is 72.3 Å². The van der Waals surface area contributed by atoms with Crippen molar-refractivity contribution >= 4 is 11.4 Å². The number of nitrogens with one attached hydrogen (secondary N) is 1. The lowest BCUT2D eigenvalue weighted by Crippen LogP contribution is -2.44. The average Bonchev–Trinajstić information content (AvgIpc) is 2.59. The number of benzene rings is 1. The van der Waals surface area contributed by atoms with Crippen molar-refractivity contribution in [3.63, 3.8) is 0 Å². The van der Waals surface area contributed by atoms with Crippen molar-refractivity contribution < 1.29 is 0 Å². The van der Waals surface area contributed by atoms with Crippen molar-refractivity contribution in [1.29, 1.82) is 0 Å². The maximum atomic E-state index is 4.64. The fourth-order valence-corrected chi connectivity index (χ4v) is 5.69. The summed E-state index contributed by atoms with van der Waals surface area (Å²) in [4.78, 5) is 2.19. The van der Waals surface area contributed by atoms with Gasteiger partial charge in [0, 0.05) is 36.6 Å². The SMILES string of the molecule is C=C(/C=C1\NC(C)(C)Cc2ccc(N(C)C)cc21)C1(CC)CC(C)CC(C)C1. The van der Waals surface area contributed by atoms with Gasteiger partial charge in [-0.05, 0) is 92.5 Å². The first-order valence-corrected chi connectivity index (χ1v) is 11.0. The summed E-state index contributed by atoms with van der Waals surface area (Å²) in [5.41, 5.74) is 6.90. The molecule has 3 rings (SSSR count). The molecule has 1 aromatic carbocycles. The highest BCUT2D eigenvalue weighted by Gasteiger charge is 2.38. The van der Waals surface area contributed by atoms with Crippen molar-refractivity contribution in [3.05, 3.63) is 47.6 Å². The predicted octanol–water partition coefficient (Wildman–Crippen LogP) is 6.43. The molecule has 2 unspecified atom stereocenters. The smallest absolute Gasteiger partial charge is 0.0424 e. The van der Waals surface area contributed by atoms with Crippen LogP contribution in [-0.4, -0.2) is 19.6 Å². The molecular formula is C26H40N2. The standard InChI is InChI=1S/C26H40N2/c1-9-26(15-18(2)12-19(3)16-26)20(4)13-24-23-14-22(28(7)8)11-10-21(23)17-25(5,6)27-24/h10-11,13-14,18-19,27H,4,9,12,15-17H2,1-3,5-8H3/b24-13-. The van der Waals surface area contributed by atoms with E-state index in [0.29, 0.717) is 0 Å². The molecule has 1 heterocycles. The fraction of sp³-hybridized carbons (Fsp3) is 0.615. The second kappa shape index (κ2) is 7.61. The molecule has 1 saturated carbocycles. The number of rotatable bonds is 4. The number of hydrogen-bond acceptors (Lipinski definition) is 2. The van der Waals surface area contributed by atoms with Gasteiger partial charge in [0.25, 0.3) is 0 Å². The van der Waals surface area contributed by atoms with Gasteiger partial charge in [0.2, 0.25) is 0 Å². The first-order valence-electron chi connectivity index (χ1n) is 11.0. The van der Waals surface area contributed by atoms with Gasteiger partial charge in [-0.3, -0.25) is 0 Å². The van der Waals surface area contributed by atoms with E-state index in [4.69, 9.17) is 0 Å². The summed E-state index contributed by atoms with van der Waals surface area (Å²) in [6, 6.07) is 6.89. The molecule has 1 aromatic rings. The zero-order valence-corrected chi connectivity index (χ0v) is 19.2. The third-order valence-electron chi connectivity index (χ3n) is 6.97. The van der Waals surface area contributed by atoms with E-state index >= 15 is 0 Å². The van der Waals surface area contributed by atoms with Crippen LogP contribution in [0.4, 0.5) is 5.69 Å². The van der Waals surface area contributed by atoms with Crippen LogP contribution in [0.3, 0.4) is 0 Å². The van der Waals surface area contributed by atoms with Crippen LogP contribution in [0.2, 0.25) is 0 Å². The number of fused-ring (bicyclic) bond motifs is 1. The van der Waals surface area contributed by atoms with Gasteiger partial charge >= 0.3 is 0 Å². The second-order valence-corrected chi connectivity index (χ2v) is 10.5. The Bertz CT molecular complexity index is 759. The first-order chi connectivity index (χ1) is 13.0. The zero-order valence-electron chi connectivity index (χ0n) is 19.2. The van der Waals surface area contributed by atoms with E-state index in [1.165, 1.54) is 53.8 Å². The molecule has 0 bridgehead atoms. The Morgan fingerprint density at radius 1 is 1.21 bits per heavy atom. The molecule has 1 aliphatic heterocycles. The van der Waals surface area contributed by atoms with Gasteiger partial charge < -0.3 is 10.2 Å². The Hall–Kier alpha value is -1.70. The first kappa shape index (κ1) is 21.0. The Labute approximate surface area is 173 Å². The normalized spacial score (nSPS) is 30.5. The quantitative estimate of drug-likeness (QED) is 0.648. The van der Waals surface area contributed by atoms with Crippen molar-refractivity contribution in [1.82, 2.24) is 5.32 Å². The second-order valence-electron chi connectivity index (χ2n) is 10.5. The van der Waals surface area contributed by atoms with Crippen LogP contribution in [0.5, 0.6) is 0 Å². The number of allylic oxidation sites excluding steroid dienone is 2. The Morgan fingerprint density at radius 2 is 1.86 bits per heavy atom. The molecule has 0 aromatic heterocycles. The van der Waals surface area contributed by atoms with E-state index in [0.717, 1.165) is 18.3 Å². The highest BCUT2D eigenvalue weighted by atomic mass is 15.1. The largest absolute Gasteiger partial charge is 0.379 e. The summed E-state index contributed by atoms with van der Waals surface area (Å²) in [6.45, 7) is 16.4. The van der Waals surface area contributed by atoms with Crippen molar-refractivity contribution in [3.8, 4) is 0 Å². The van der Waals surface area contributed by atoms with Crippen LogP contribution in [-0.2, 0) is 6.42 Å². The van der Waals surface area contributed by atoms with Gasteiger partial charge in [-0.2, -0.15) is 0 Å². The topological polar surface area (TPSA) is 15.3 Å². The van der Waals surface area contributed by atoms with E-state index in [1.54, 1.807) is 0 Å². The molecule has 154 valence electrons. The van der Waals surface area contributed by atoms with Crippen LogP contribution in [0.25, 0.3) is 5.70 Å². The third-order valence-corrected chi connectivity index (χ3v) is 6.97. The van der Waals surface area contributed by atoms with Crippen LogP contribution in [0, 0.1) is 17.3 Å². The van der Waals surface area contributed by atoms with Crippen LogP contribution < -0.4 is 10.2 Å². The summed E-state index contributed by atoms with van der Waals surface area (Å²) in [5.74, 6) is 1.56. The van der Waals surface area contributed by atoms with Gasteiger partial charge in [-0.1, -0.05) is 33.4 Å². The minimum absolute atomic E-state index is 0.0608. The van der Waals surface area contributed by atoms with Gasteiger partial charge in [0.1, 0.15) is 0 Å². The molecule has 1 aliphatic carbocycles. The fourth-order valence-electron chi connectivity index (χ4n) is 5.69. The Balaban J connectivity index is 2.03. The van der Waals surface area contributed by atoms with Crippen LogP contribution >= 0.6 is 0 Å². The van der Waals surface area contributed by atoms with E-state index in [2.05, 4.69) is 89.8 Å². The molecule has 0 saturated heterocycles. The summed E-state index contributed by atoms with van der Waals surface area (Å²) in [7, 11) is 4.22. The molecule has 2 heteroatoms. The minimum Gasteiger partial charge on any atom is -0.379 e. The lowest BCUT2D eigenvalue weighted by molar-refractivity contribution is 0.139. The Morgan fingerprint density at radius 3 is 2.43 bits per heavy atom. The monoisotopic (exact) mass is 380 g/mol. The average molecular weight is 381 g/mol. The molecule has 0 spiro atoms. The van der Waals surface area contributed by atoms with Gasteiger partial charge in [0.05, 0.1) is 0 Å². The summed E-state index contributed by atoms with van der Waals surface area (Å²) in [6.07, 6.45) is 8.50. The van der Waals surface area contributed by atoms with Gasteiger partial charge in [0.15, 0.2) is 0 Å². The van der Waals surface area contributed by atoms with E-state index in [9.17, 15) is 0 Å². The number of hydrogen-bond donors (Lipinski definition) is 1. The highest BCUT2D eigenvalue weighted by Crippen LogP contribution is 2.50. The molecule has 2 atom stereocenters. The third kappa shape index (κ3) is 4.16. The van der Waals surface area contributed by atoms with E-state index in [-0.39, 0.29) is 11.0 Å². The maximum Gasteiger partial charge on any atom is 0.0424 e. The summed E-state index contributed by atoms with van der Waals surface area (Å²) in [5, 5.41) is 3.83. The Kier molecular flexibility index (Phi) is 5.71. The van der Waals surface area contributed by atoms with Gasteiger partial charge in [-0.15, -0.1) is 0 Å². The number of nitrogens with zero attached hydrogens (tertiary/aromatic N) is 1. The highest BCUT2D eigenvalue weighted by molar-refractivity contribution is 5.75. The molecule has 2 aliphatic rings. The van der Waals surface area contributed by atoms with E-state index in [1.807, 2.05) is 0 Å². The zero-order chi connectivity index (χ0) is 20.7. The van der Waals surface area contributed by atoms with Crippen LogP contribution in [0.1, 0.15) is 71.4 Å². The lowest BCUT2D eigenvalue weighted by atomic mass is 9.61. The molecule has 1 fully saturated rings. The lowest BCUT2D eigenvalue weighted by Gasteiger charge is -2.44.